The first-order chi connectivity index (χ1) is 10.2. The SMILES string of the molecule is N[C@H](CN1CCCC1)[C@H](O)c1ccc2c(c1F)OCCO2. The molecule has 21 heavy (non-hydrogen) atoms. The van der Waals surface area contributed by atoms with Crippen molar-refractivity contribution in [3.63, 3.8) is 0 Å². The third-order valence-electron chi connectivity index (χ3n) is 4.07. The monoisotopic (exact) mass is 296 g/mol. The van der Waals surface area contributed by atoms with Gasteiger partial charge < -0.3 is 25.2 Å². The third-order valence-corrected chi connectivity index (χ3v) is 4.07. The quantitative estimate of drug-likeness (QED) is 0.869. The molecule has 0 spiro atoms. The molecule has 0 radical (unpaired) electrons. The summed E-state index contributed by atoms with van der Waals surface area (Å²) in [4.78, 5) is 2.20. The molecule has 1 aromatic carbocycles. The van der Waals surface area contributed by atoms with Gasteiger partial charge >= 0.3 is 0 Å². The van der Waals surface area contributed by atoms with E-state index in [4.69, 9.17) is 15.2 Å². The summed E-state index contributed by atoms with van der Waals surface area (Å²) in [5, 5.41) is 10.3. The topological polar surface area (TPSA) is 68.0 Å². The third kappa shape index (κ3) is 2.97. The van der Waals surface area contributed by atoms with Crippen LogP contribution in [-0.2, 0) is 0 Å². The molecule has 1 fully saturated rings. The van der Waals surface area contributed by atoms with Crippen LogP contribution in [0.4, 0.5) is 4.39 Å². The van der Waals surface area contributed by atoms with Crippen LogP contribution in [0.15, 0.2) is 12.1 Å². The van der Waals surface area contributed by atoms with Crippen molar-refractivity contribution >= 4 is 0 Å². The second-order valence-electron chi connectivity index (χ2n) is 5.61. The number of nitrogens with zero attached hydrogens (tertiary/aromatic N) is 1. The van der Waals surface area contributed by atoms with Crippen molar-refractivity contribution in [1.29, 1.82) is 0 Å². The lowest BCUT2D eigenvalue weighted by Gasteiger charge is -2.26. The molecule has 2 aliphatic rings. The van der Waals surface area contributed by atoms with Gasteiger partial charge in [0.2, 0.25) is 0 Å². The molecule has 6 heteroatoms. The highest BCUT2D eigenvalue weighted by Crippen LogP contribution is 2.37. The summed E-state index contributed by atoms with van der Waals surface area (Å²) in [7, 11) is 0. The maximum Gasteiger partial charge on any atom is 0.197 e. The fourth-order valence-electron chi connectivity index (χ4n) is 2.92. The molecule has 0 aromatic heterocycles. The smallest absolute Gasteiger partial charge is 0.197 e. The Labute approximate surface area is 123 Å². The Morgan fingerprint density at radius 2 is 1.95 bits per heavy atom. The summed E-state index contributed by atoms with van der Waals surface area (Å²) < 4.78 is 25.1. The van der Waals surface area contributed by atoms with Crippen LogP contribution in [0.25, 0.3) is 0 Å². The Hall–Kier alpha value is -1.37. The predicted octanol–water partition coefficient (Wildman–Crippen LogP) is 1.05. The predicted molar refractivity (Wildman–Crippen MR) is 76.0 cm³/mol. The minimum Gasteiger partial charge on any atom is -0.486 e. The molecule has 3 N–H and O–H groups in total. The van der Waals surface area contributed by atoms with E-state index in [1.807, 2.05) is 0 Å². The molecule has 2 atom stereocenters. The van der Waals surface area contributed by atoms with E-state index in [-0.39, 0.29) is 11.3 Å². The van der Waals surface area contributed by atoms with Crippen molar-refractivity contribution in [3.05, 3.63) is 23.5 Å². The van der Waals surface area contributed by atoms with E-state index in [0.717, 1.165) is 25.9 Å². The zero-order valence-corrected chi connectivity index (χ0v) is 11.9. The van der Waals surface area contributed by atoms with Crippen molar-refractivity contribution in [2.45, 2.75) is 25.0 Å². The van der Waals surface area contributed by atoms with E-state index < -0.39 is 18.0 Å². The minimum atomic E-state index is -1.05. The zero-order valence-electron chi connectivity index (χ0n) is 11.9. The Balaban J connectivity index is 1.75. The summed E-state index contributed by atoms with van der Waals surface area (Å²) in [6.45, 7) is 3.26. The van der Waals surface area contributed by atoms with Gasteiger partial charge in [-0.25, -0.2) is 4.39 Å². The Bertz CT molecular complexity index is 506. The van der Waals surface area contributed by atoms with Crippen molar-refractivity contribution in [2.75, 3.05) is 32.8 Å². The first-order valence-corrected chi connectivity index (χ1v) is 7.41. The molecule has 1 aromatic rings. The number of likely N-dealkylation sites (tertiary alicyclic amines) is 1. The number of ether oxygens (including phenoxy) is 2. The van der Waals surface area contributed by atoms with Crippen molar-refractivity contribution < 1.29 is 19.0 Å². The van der Waals surface area contributed by atoms with Crippen LogP contribution in [0.5, 0.6) is 11.5 Å². The second-order valence-corrected chi connectivity index (χ2v) is 5.61. The molecular weight excluding hydrogens is 275 g/mol. The Morgan fingerprint density at radius 1 is 1.24 bits per heavy atom. The van der Waals surface area contributed by atoms with Gasteiger partial charge in [0.25, 0.3) is 0 Å². The fraction of sp³-hybridized carbons (Fsp3) is 0.600. The molecule has 5 nitrogen and oxygen atoms in total. The van der Waals surface area contributed by atoms with Gasteiger partial charge in [-0.2, -0.15) is 0 Å². The van der Waals surface area contributed by atoms with Crippen molar-refractivity contribution in [1.82, 2.24) is 4.90 Å². The number of aliphatic hydroxyl groups is 1. The van der Waals surface area contributed by atoms with Gasteiger partial charge in [0.15, 0.2) is 17.3 Å². The van der Waals surface area contributed by atoms with Gasteiger partial charge in [-0.05, 0) is 38.1 Å². The van der Waals surface area contributed by atoms with E-state index >= 15 is 0 Å². The fourth-order valence-corrected chi connectivity index (χ4v) is 2.92. The molecule has 1 saturated heterocycles. The Morgan fingerprint density at radius 3 is 2.71 bits per heavy atom. The lowest BCUT2D eigenvalue weighted by atomic mass is 10.0. The molecule has 0 amide bonds. The van der Waals surface area contributed by atoms with Crippen LogP contribution in [0.2, 0.25) is 0 Å². The maximum atomic E-state index is 14.4. The van der Waals surface area contributed by atoms with Gasteiger partial charge in [0.05, 0.1) is 6.10 Å². The number of fused-ring (bicyclic) bond motifs is 1. The highest BCUT2D eigenvalue weighted by Gasteiger charge is 2.27. The minimum absolute atomic E-state index is 0.0752. The molecule has 0 unspecified atom stereocenters. The molecule has 116 valence electrons. The molecular formula is C15H21FN2O3. The summed E-state index contributed by atoms with van der Waals surface area (Å²) in [6.07, 6.45) is 1.25. The molecule has 0 saturated carbocycles. The van der Waals surface area contributed by atoms with E-state index in [0.29, 0.717) is 25.5 Å². The maximum absolute atomic E-state index is 14.4. The standard InChI is InChI=1S/C15H21FN2O3/c16-13-10(3-4-12-15(13)21-8-7-20-12)14(19)11(17)9-18-5-1-2-6-18/h3-4,11,14,19H,1-2,5-9,17H2/t11-,14-/m1/s1. The van der Waals surface area contributed by atoms with Crippen LogP contribution in [-0.4, -0.2) is 48.9 Å². The number of halogens is 1. The highest BCUT2D eigenvalue weighted by molar-refractivity contribution is 5.46. The zero-order chi connectivity index (χ0) is 14.8. The van der Waals surface area contributed by atoms with E-state index in [9.17, 15) is 9.50 Å². The molecule has 2 aliphatic heterocycles. The van der Waals surface area contributed by atoms with Gasteiger partial charge in [-0.1, -0.05) is 0 Å². The lowest BCUT2D eigenvalue weighted by molar-refractivity contribution is 0.118. The van der Waals surface area contributed by atoms with E-state index in [1.165, 1.54) is 6.07 Å². The van der Waals surface area contributed by atoms with Crippen LogP contribution >= 0.6 is 0 Å². The summed E-state index contributed by atoms with van der Waals surface area (Å²) >= 11 is 0. The first-order valence-electron chi connectivity index (χ1n) is 7.41. The second kappa shape index (κ2) is 6.17. The number of rotatable bonds is 4. The van der Waals surface area contributed by atoms with Gasteiger partial charge in [0.1, 0.15) is 13.2 Å². The van der Waals surface area contributed by atoms with Gasteiger partial charge in [0, 0.05) is 18.2 Å². The summed E-state index contributed by atoms with van der Waals surface area (Å²) in [6, 6.07) is 2.62. The number of aliphatic hydroxyl groups excluding tert-OH is 1. The summed E-state index contributed by atoms with van der Waals surface area (Å²) in [5.74, 6) is -0.120. The van der Waals surface area contributed by atoms with E-state index in [1.54, 1.807) is 6.07 Å². The Kier molecular flexibility index (Phi) is 4.28. The molecule has 0 aliphatic carbocycles. The molecule has 2 heterocycles. The average Bonchev–Trinajstić information content (AvgIpc) is 3.00. The average molecular weight is 296 g/mol. The van der Waals surface area contributed by atoms with Gasteiger partial charge in [-0.15, -0.1) is 0 Å². The number of benzene rings is 1. The van der Waals surface area contributed by atoms with Crippen LogP contribution < -0.4 is 15.2 Å². The van der Waals surface area contributed by atoms with E-state index in [2.05, 4.69) is 4.90 Å². The van der Waals surface area contributed by atoms with Crippen LogP contribution in [0, 0.1) is 5.82 Å². The normalized spacial score (nSPS) is 21.3. The highest BCUT2D eigenvalue weighted by atomic mass is 19.1. The number of hydrogen-bond acceptors (Lipinski definition) is 5. The van der Waals surface area contributed by atoms with Crippen LogP contribution in [0.1, 0.15) is 24.5 Å². The van der Waals surface area contributed by atoms with Gasteiger partial charge in [-0.3, -0.25) is 0 Å². The molecule has 3 rings (SSSR count). The van der Waals surface area contributed by atoms with Crippen LogP contribution in [0.3, 0.4) is 0 Å². The largest absolute Gasteiger partial charge is 0.486 e. The van der Waals surface area contributed by atoms with Crippen molar-refractivity contribution in [2.24, 2.45) is 5.73 Å². The molecule has 0 bridgehead atoms. The number of hydrogen-bond donors (Lipinski definition) is 2. The number of nitrogens with two attached hydrogens (primary N) is 1. The first kappa shape index (κ1) is 14.6. The summed E-state index contributed by atoms with van der Waals surface area (Å²) in [5.41, 5.74) is 6.22. The lowest BCUT2D eigenvalue weighted by Crippen LogP contribution is -2.40. The van der Waals surface area contributed by atoms with Crippen molar-refractivity contribution in [3.8, 4) is 11.5 Å².